The summed E-state index contributed by atoms with van der Waals surface area (Å²) in [4.78, 5) is 16.8. The third-order valence-electron chi connectivity index (χ3n) is 1.98. The lowest BCUT2D eigenvalue weighted by Crippen LogP contribution is -2.05. The number of carbonyl (C=O) groups excluding carboxylic acids is 1. The molecule has 0 bridgehead atoms. The van der Waals surface area contributed by atoms with E-state index in [0.717, 1.165) is 15.5 Å². The first kappa shape index (κ1) is 12.8. The van der Waals surface area contributed by atoms with E-state index in [1.165, 1.54) is 0 Å². The van der Waals surface area contributed by atoms with E-state index in [0.29, 0.717) is 12.3 Å². The average molecular weight is 239 g/mol. The van der Waals surface area contributed by atoms with Gasteiger partial charge in [0.1, 0.15) is 0 Å². The Morgan fingerprint density at radius 2 is 2.12 bits per heavy atom. The maximum Gasteiger partial charge on any atom is 0.357 e. The standard InChI is InChI=1S/C12H17NO2S/c1-6-15-12(14)10-7-16(9(4)5)11(13-10)8(2)3/h7,16H,2,4,6H2,1,3,5H3. The number of thiol groups is 1. The van der Waals surface area contributed by atoms with Crippen molar-refractivity contribution in [2.45, 2.75) is 20.8 Å². The Kier molecular flexibility index (Phi) is 4.12. The zero-order valence-electron chi connectivity index (χ0n) is 9.91. The Balaban J connectivity index is 2.98. The van der Waals surface area contributed by atoms with E-state index in [1.54, 1.807) is 6.92 Å². The monoisotopic (exact) mass is 239 g/mol. The summed E-state index contributed by atoms with van der Waals surface area (Å²) in [6, 6.07) is 0. The molecule has 1 aliphatic rings. The van der Waals surface area contributed by atoms with Crippen molar-refractivity contribution in [1.82, 2.24) is 0 Å². The molecular formula is C12H17NO2S. The maximum absolute atomic E-state index is 11.5. The number of esters is 1. The second kappa shape index (κ2) is 5.16. The van der Waals surface area contributed by atoms with Crippen molar-refractivity contribution in [3.05, 3.63) is 34.7 Å². The number of hydrogen-bond acceptors (Lipinski definition) is 3. The molecule has 1 rings (SSSR count). The summed E-state index contributed by atoms with van der Waals surface area (Å²) in [5, 5.41) is 2.71. The van der Waals surface area contributed by atoms with Gasteiger partial charge in [0.25, 0.3) is 0 Å². The van der Waals surface area contributed by atoms with Crippen molar-refractivity contribution < 1.29 is 9.53 Å². The summed E-state index contributed by atoms with van der Waals surface area (Å²) in [7, 11) is -0.696. The maximum atomic E-state index is 11.5. The summed E-state index contributed by atoms with van der Waals surface area (Å²) in [6.07, 6.45) is 0. The average Bonchev–Trinajstić information content (AvgIpc) is 2.62. The van der Waals surface area contributed by atoms with Crippen molar-refractivity contribution >= 4 is 21.9 Å². The predicted molar refractivity (Wildman–Crippen MR) is 70.8 cm³/mol. The van der Waals surface area contributed by atoms with Crippen molar-refractivity contribution in [2.24, 2.45) is 4.99 Å². The Bertz CT molecular complexity index is 407. The van der Waals surface area contributed by atoms with E-state index in [4.69, 9.17) is 4.74 Å². The first-order valence-corrected chi connectivity index (χ1v) is 6.46. The third-order valence-corrected chi connectivity index (χ3v) is 4.25. The molecule has 0 saturated heterocycles. The Morgan fingerprint density at radius 1 is 1.50 bits per heavy atom. The quantitative estimate of drug-likeness (QED) is 0.605. The van der Waals surface area contributed by atoms with Gasteiger partial charge >= 0.3 is 5.97 Å². The molecule has 3 nitrogen and oxygen atoms in total. The van der Waals surface area contributed by atoms with Crippen LogP contribution in [0.2, 0.25) is 0 Å². The van der Waals surface area contributed by atoms with Crippen molar-refractivity contribution in [1.29, 1.82) is 0 Å². The van der Waals surface area contributed by atoms with Gasteiger partial charge in [-0.2, -0.15) is 10.9 Å². The fourth-order valence-electron chi connectivity index (χ4n) is 1.28. The minimum absolute atomic E-state index is 0.360. The molecule has 1 unspecified atom stereocenters. The molecule has 0 amide bonds. The fourth-order valence-corrected chi connectivity index (χ4v) is 3.01. The van der Waals surface area contributed by atoms with Crippen molar-refractivity contribution in [3.8, 4) is 0 Å². The number of ether oxygens (including phenoxy) is 1. The normalized spacial score (nSPS) is 21.1. The Morgan fingerprint density at radius 3 is 2.50 bits per heavy atom. The topological polar surface area (TPSA) is 38.7 Å². The van der Waals surface area contributed by atoms with Gasteiger partial charge in [0.05, 0.1) is 11.7 Å². The lowest BCUT2D eigenvalue weighted by molar-refractivity contribution is -0.138. The van der Waals surface area contributed by atoms with Gasteiger partial charge in [-0.25, -0.2) is 9.79 Å². The largest absolute Gasteiger partial charge is 0.461 e. The van der Waals surface area contributed by atoms with E-state index in [2.05, 4.69) is 18.2 Å². The van der Waals surface area contributed by atoms with Crippen LogP contribution in [0.3, 0.4) is 0 Å². The molecule has 1 heterocycles. The molecule has 0 aliphatic carbocycles. The van der Waals surface area contributed by atoms with Gasteiger partial charge in [0.15, 0.2) is 5.70 Å². The zero-order chi connectivity index (χ0) is 12.3. The van der Waals surface area contributed by atoms with Gasteiger partial charge in [0, 0.05) is 0 Å². The minimum atomic E-state index is -0.696. The molecule has 88 valence electrons. The number of aliphatic imine (C=N–C) groups is 1. The van der Waals surface area contributed by atoms with Gasteiger partial charge in [-0.1, -0.05) is 13.2 Å². The van der Waals surface area contributed by atoms with Gasteiger partial charge in [-0.05, 0) is 36.7 Å². The van der Waals surface area contributed by atoms with Crippen LogP contribution in [0.15, 0.2) is 39.7 Å². The lowest BCUT2D eigenvalue weighted by Gasteiger charge is -2.15. The minimum Gasteiger partial charge on any atom is -0.461 e. The SMILES string of the molecule is C=C(C)C1=NC(C(=O)OCC)=C[SH]1C(=C)C. The number of rotatable bonds is 4. The number of allylic oxidation sites excluding steroid dienone is 1. The molecular weight excluding hydrogens is 222 g/mol. The molecule has 0 spiro atoms. The van der Waals surface area contributed by atoms with E-state index < -0.39 is 10.9 Å². The van der Waals surface area contributed by atoms with Gasteiger partial charge in [-0.15, -0.1) is 0 Å². The summed E-state index contributed by atoms with van der Waals surface area (Å²) < 4.78 is 4.92. The zero-order valence-corrected chi connectivity index (χ0v) is 10.8. The number of nitrogens with zero attached hydrogens (tertiary/aromatic N) is 1. The third kappa shape index (κ3) is 2.64. The summed E-state index contributed by atoms with van der Waals surface area (Å²) in [5.41, 5.74) is 1.26. The fraction of sp³-hybridized carbons (Fsp3) is 0.333. The summed E-state index contributed by atoms with van der Waals surface area (Å²) in [5.74, 6) is -0.368. The van der Waals surface area contributed by atoms with Gasteiger partial charge < -0.3 is 4.74 Å². The van der Waals surface area contributed by atoms with Crippen LogP contribution in [-0.2, 0) is 9.53 Å². The van der Waals surface area contributed by atoms with Crippen LogP contribution in [0.4, 0.5) is 0 Å². The van der Waals surface area contributed by atoms with Crippen LogP contribution in [0.5, 0.6) is 0 Å². The molecule has 0 aromatic rings. The van der Waals surface area contributed by atoms with Crippen LogP contribution in [-0.4, -0.2) is 17.6 Å². The van der Waals surface area contributed by atoms with Crippen LogP contribution in [0.1, 0.15) is 20.8 Å². The molecule has 4 heteroatoms. The predicted octanol–water partition coefficient (Wildman–Crippen LogP) is 2.91. The van der Waals surface area contributed by atoms with E-state index in [9.17, 15) is 4.79 Å². The second-order valence-corrected chi connectivity index (χ2v) is 5.74. The van der Waals surface area contributed by atoms with E-state index >= 15 is 0 Å². The van der Waals surface area contributed by atoms with Crippen molar-refractivity contribution in [3.63, 3.8) is 0 Å². The molecule has 0 aromatic heterocycles. The van der Waals surface area contributed by atoms with Crippen molar-refractivity contribution in [2.75, 3.05) is 6.61 Å². The number of hydrogen-bond donors (Lipinski definition) is 1. The first-order valence-electron chi connectivity index (χ1n) is 5.05. The smallest absolute Gasteiger partial charge is 0.357 e. The Hall–Kier alpha value is -1.29. The summed E-state index contributed by atoms with van der Waals surface area (Å²) >= 11 is 0. The Labute approximate surface area is 98.9 Å². The highest BCUT2D eigenvalue weighted by atomic mass is 32.2. The van der Waals surface area contributed by atoms with Crippen LogP contribution in [0.25, 0.3) is 0 Å². The first-order chi connectivity index (χ1) is 7.47. The summed E-state index contributed by atoms with van der Waals surface area (Å²) in [6.45, 7) is 13.8. The molecule has 0 fully saturated rings. The van der Waals surface area contributed by atoms with E-state index in [-0.39, 0.29) is 5.97 Å². The molecule has 0 N–H and O–H groups in total. The molecule has 1 atom stereocenters. The molecule has 0 radical (unpaired) electrons. The highest BCUT2D eigenvalue weighted by molar-refractivity contribution is 8.35. The van der Waals surface area contributed by atoms with Crippen LogP contribution >= 0.6 is 10.9 Å². The van der Waals surface area contributed by atoms with Crippen LogP contribution in [0, 0.1) is 0 Å². The number of carbonyl (C=O) groups is 1. The van der Waals surface area contributed by atoms with Gasteiger partial charge in [-0.3, -0.25) is 0 Å². The molecule has 1 aliphatic heterocycles. The van der Waals surface area contributed by atoms with Gasteiger partial charge in [0.2, 0.25) is 0 Å². The van der Waals surface area contributed by atoms with Crippen LogP contribution < -0.4 is 0 Å². The second-order valence-electron chi connectivity index (χ2n) is 3.56. The highest BCUT2D eigenvalue weighted by Gasteiger charge is 2.23. The molecule has 16 heavy (non-hydrogen) atoms. The lowest BCUT2D eigenvalue weighted by atomic mass is 10.4. The van der Waals surface area contributed by atoms with E-state index in [1.807, 2.05) is 19.3 Å². The molecule has 0 saturated carbocycles. The molecule has 0 aromatic carbocycles. The highest BCUT2D eigenvalue weighted by Crippen LogP contribution is 2.45.